The second kappa shape index (κ2) is 10.4. The van der Waals surface area contributed by atoms with Gasteiger partial charge in [0.25, 0.3) is 17.4 Å². The predicted octanol–water partition coefficient (Wildman–Crippen LogP) is 3.06. The van der Waals surface area contributed by atoms with Crippen LogP contribution in [0.25, 0.3) is 22.0 Å². The normalized spacial score (nSPS) is 15.0. The minimum atomic E-state index is -0.392. The zero-order valence-electron chi connectivity index (χ0n) is 21.9. The van der Waals surface area contributed by atoms with Gasteiger partial charge in [-0.3, -0.25) is 24.1 Å². The molecule has 0 saturated carbocycles. The summed E-state index contributed by atoms with van der Waals surface area (Å²) in [7, 11) is 1.61. The van der Waals surface area contributed by atoms with Crippen LogP contribution in [0.3, 0.4) is 0 Å². The third-order valence-electron chi connectivity index (χ3n) is 7.29. The summed E-state index contributed by atoms with van der Waals surface area (Å²) in [6.45, 7) is 2.44. The van der Waals surface area contributed by atoms with Crippen molar-refractivity contribution in [3.05, 3.63) is 88.2 Å². The monoisotopic (exact) mass is 537 g/mol. The van der Waals surface area contributed by atoms with Gasteiger partial charge in [-0.05, 0) is 30.3 Å². The number of aromatic nitrogens is 2. The number of morpholine rings is 1. The molecule has 2 aliphatic rings. The molecule has 3 aromatic carbocycles. The van der Waals surface area contributed by atoms with Crippen LogP contribution in [0.4, 0.5) is 11.4 Å². The molecule has 0 aliphatic carbocycles. The molecule has 0 radical (unpaired) electrons. The first-order chi connectivity index (χ1) is 19.4. The fraction of sp³-hybridized carbons (Fsp3) is 0.233. The predicted molar refractivity (Wildman–Crippen MR) is 151 cm³/mol. The molecule has 0 spiro atoms. The summed E-state index contributed by atoms with van der Waals surface area (Å²) in [5.41, 5.74) is 3.28. The molecule has 1 N–H and O–H groups in total. The molecule has 40 heavy (non-hydrogen) atoms. The average Bonchev–Trinajstić information content (AvgIpc) is 3.23. The van der Waals surface area contributed by atoms with Crippen LogP contribution in [0, 0.1) is 0 Å². The molecule has 1 fully saturated rings. The molecule has 10 nitrogen and oxygen atoms in total. The van der Waals surface area contributed by atoms with E-state index in [1.807, 2.05) is 36.4 Å². The van der Waals surface area contributed by atoms with E-state index in [0.717, 1.165) is 16.2 Å². The molecule has 0 unspecified atom stereocenters. The number of carbonyl (C=O) groups excluding carboxylic acids is 3. The number of hydrogen-bond donors (Lipinski definition) is 1. The van der Waals surface area contributed by atoms with Crippen LogP contribution in [-0.4, -0.2) is 65.2 Å². The second-order valence-electron chi connectivity index (χ2n) is 9.76. The third-order valence-corrected chi connectivity index (χ3v) is 7.29. The summed E-state index contributed by atoms with van der Waals surface area (Å²) in [5.74, 6) is -1.12. The third kappa shape index (κ3) is 4.52. The largest absolute Gasteiger partial charge is 0.378 e. The second-order valence-corrected chi connectivity index (χ2v) is 9.76. The van der Waals surface area contributed by atoms with E-state index in [2.05, 4.69) is 15.3 Å². The molecule has 4 aromatic rings. The first kappa shape index (κ1) is 25.4. The maximum Gasteiger partial charge on any atom is 0.274 e. The first-order valence-electron chi connectivity index (χ1n) is 13.1. The molecule has 1 saturated heterocycles. The fourth-order valence-corrected chi connectivity index (χ4v) is 5.24. The Kier molecular flexibility index (Phi) is 6.61. The van der Waals surface area contributed by atoms with Gasteiger partial charge in [0.05, 0.1) is 46.8 Å². The average molecular weight is 538 g/mol. The maximum absolute atomic E-state index is 13.2. The standard InChI is InChI=1S/C30H27N5O5/c1-33-28(37)21-7-3-2-6-20(21)27(32-33)19-10-11-25(34-14-16-40-17-15-34)24(18-19)31-26(36)12-13-35-29(38)22-8-4-5-9-23(22)30(35)39/h2-11,18H,12-17H2,1H3,(H,31,36). The number of carbonyl (C=O) groups is 3. The molecule has 6 rings (SSSR count). The lowest BCUT2D eigenvalue weighted by Gasteiger charge is -2.31. The highest BCUT2D eigenvalue weighted by molar-refractivity contribution is 6.21. The molecule has 0 bridgehead atoms. The molecule has 1 aromatic heterocycles. The van der Waals surface area contributed by atoms with E-state index in [1.165, 1.54) is 4.68 Å². The number of imide groups is 1. The maximum atomic E-state index is 13.2. The Hall–Kier alpha value is -4.83. The lowest BCUT2D eigenvalue weighted by molar-refractivity contribution is -0.116. The minimum absolute atomic E-state index is 0.0300. The van der Waals surface area contributed by atoms with Crippen LogP contribution in [0.15, 0.2) is 71.5 Å². The summed E-state index contributed by atoms with van der Waals surface area (Å²) < 4.78 is 6.82. The Morgan fingerprint density at radius 1 is 0.900 bits per heavy atom. The van der Waals surface area contributed by atoms with Gasteiger partial charge in [0.1, 0.15) is 0 Å². The number of rotatable bonds is 6. The van der Waals surface area contributed by atoms with Crippen molar-refractivity contribution in [2.24, 2.45) is 7.05 Å². The van der Waals surface area contributed by atoms with Crippen molar-refractivity contribution in [1.29, 1.82) is 0 Å². The number of nitrogens with one attached hydrogen (secondary N) is 1. The number of nitrogens with zero attached hydrogens (tertiary/aromatic N) is 4. The van der Waals surface area contributed by atoms with Gasteiger partial charge in [-0.1, -0.05) is 36.4 Å². The lowest BCUT2D eigenvalue weighted by atomic mass is 10.0. The van der Waals surface area contributed by atoms with Gasteiger partial charge in [-0.2, -0.15) is 5.10 Å². The highest BCUT2D eigenvalue weighted by Crippen LogP contribution is 2.34. The van der Waals surface area contributed by atoms with Crippen LogP contribution in [-0.2, 0) is 16.6 Å². The van der Waals surface area contributed by atoms with Gasteiger partial charge in [0, 0.05) is 44.1 Å². The quantitative estimate of drug-likeness (QED) is 0.376. The summed E-state index contributed by atoms with van der Waals surface area (Å²) in [4.78, 5) is 54.5. The molecule has 202 valence electrons. The van der Waals surface area contributed by atoms with E-state index in [4.69, 9.17) is 4.74 Å². The van der Waals surface area contributed by atoms with Gasteiger partial charge in [0.2, 0.25) is 5.91 Å². The Bertz CT molecular complexity index is 1690. The Morgan fingerprint density at radius 3 is 2.25 bits per heavy atom. The van der Waals surface area contributed by atoms with Crippen LogP contribution in [0.2, 0.25) is 0 Å². The van der Waals surface area contributed by atoms with Gasteiger partial charge >= 0.3 is 0 Å². The lowest BCUT2D eigenvalue weighted by Crippen LogP contribution is -2.37. The summed E-state index contributed by atoms with van der Waals surface area (Å²) in [6.07, 6.45) is -0.0563. The Morgan fingerprint density at radius 2 is 1.55 bits per heavy atom. The van der Waals surface area contributed by atoms with Crippen LogP contribution in [0.5, 0.6) is 0 Å². The van der Waals surface area contributed by atoms with Gasteiger partial charge in [0.15, 0.2) is 0 Å². The van der Waals surface area contributed by atoms with Crippen molar-refractivity contribution in [2.45, 2.75) is 6.42 Å². The van der Waals surface area contributed by atoms with Gasteiger partial charge in [-0.25, -0.2) is 4.68 Å². The number of aryl methyl sites for hydroxylation is 1. The van der Waals surface area contributed by atoms with Crippen molar-refractivity contribution >= 4 is 39.9 Å². The van der Waals surface area contributed by atoms with E-state index in [-0.39, 0.29) is 24.4 Å². The first-order valence-corrected chi connectivity index (χ1v) is 13.1. The van der Waals surface area contributed by atoms with Crippen LogP contribution in [0.1, 0.15) is 27.1 Å². The zero-order valence-corrected chi connectivity index (χ0v) is 21.9. The number of fused-ring (bicyclic) bond motifs is 2. The summed E-state index contributed by atoms with van der Waals surface area (Å²) in [6, 6.07) is 19.7. The summed E-state index contributed by atoms with van der Waals surface area (Å²) in [5, 5.41) is 8.80. The van der Waals surface area contributed by atoms with E-state index in [1.54, 1.807) is 37.4 Å². The number of benzene rings is 3. The molecule has 3 amide bonds. The SMILES string of the molecule is Cn1nc(-c2ccc(N3CCOCC3)c(NC(=O)CCN3C(=O)c4ccccc4C3=O)c2)c2ccccc2c1=O. The van der Waals surface area contributed by atoms with Gasteiger partial charge < -0.3 is 15.0 Å². The Balaban J connectivity index is 1.30. The van der Waals surface area contributed by atoms with Crippen molar-refractivity contribution in [1.82, 2.24) is 14.7 Å². The molecule has 2 aliphatic heterocycles. The van der Waals surface area contributed by atoms with E-state index in [9.17, 15) is 19.2 Å². The summed E-state index contributed by atoms with van der Waals surface area (Å²) >= 11 is 0. The molecule has 10 heteroatoms. The molecule has 3 heterocycles. The van der Waals surface area contributed by atoms with Crippen molar-refractivity contribution in [3.8, 4) is 11.3 Å². The van der Waals surface area contributed by atoms with Crippen molar-refractivity contribution in [2.75, 3.05) is 43.1 Å². The molecular formula is C30H27N5O5. The topological polar surface area (TPSA) is 114 Å². The highest BCUT2D eigenvalue weighted by Gasteiger charge is 2.35. The number of ether oxygens (including phenoxy) is 1. The van der Waals surface area contributed by atoms with E-state index in [0.29, 0.717) is 59.6 Å². The minimum Gasteiger partial charge on any atom is -0.378 e. The number of hydrogen-bond acceptors (Lipinski definition) is 7. The smallest absolute Gasteiger partial charge is 0.274 e. The fourth-order valence-electron chi connectivity index (χ4n) is 5.24. The number of amides is 3. The van der Waals surface area contributed by atoms with Crippen LogP contribution < -0.4 is 15.8 Å². The highest BCUT2D eigenvalue weighted by atomic mass is 16.5. The van der Waals surface area contributed by atoms with E-state index >= 15 is 0 Å². The van der Waals surface area contributed by atoms with E-state index < -0.39 is 11.8 Å². The zero-order chi connectivity index (χ0) is 27.8. The number of anilines is 2. The molecular weight excluding hydrogens is 510 g/mol. The van der Waals surface area contributed by atoms with Crippen molar-refractivity contribution < 1.29 is 19.1 Å². The molecule has 0 atom stereocenters. The van der Waals surface area contributed by atoms with Crippen molar-refractivity contribution in [3.63, 3.8) is 0 Å². The van der Waals surface area contributed by atoms with Crippen LogP contribution >= 0.6 is 0 Å². The Labute approximate surface area is 229 Å². The van der Waals surface area contributed by atoms with Gasteiger partial charge in [-0.15, -0.1) is 0 Å².